The molecule has 0 saturated carbocycles. The minimum Gasteiger partial charge on any atom is -0.497 e. The maximum atomic E-state index is 14.4. The number of nitrogens with one attached hydrogen (secondary N) is 1. The van der Waals surface area contributed by atoms with Crippen LogP contribution in [0.25, 0.3) is 6.08 Å². The number of carbonyl (C=O) groups excluding carboxylic acids is 3. The number of methoxy groups -OCH3 is 1. The number of Topliss-reactive ketones (excluding diaryl/α,β-unsaturated/α-hetero) is 2. The summed E-state index contributed by atoms with van der Waals surface area (Å²) < 4.78 is 5.27. The highest BCUT2D eigenvalue weighted by molar-refractivity contribution is 6.16. The Morgan fingerprint density at radius 3 is 2.50 bits per heavy atom. The predicted molar refractivity (Wildman–Crippen MR) is 139 cm³/mol. The van der Waals surface area contributed by atoms with Crippen LogP contribution >= 0.6 is 0 Å². The van der Waals surface area contributed by atoms with Gasteiger partial charge in [-0.15, -0.1) is 0 Å². The SMILES string of the molecule is COc1ccc(C(=O)[C@@H]2[C@@H](C(C)=O)N3c4ccc(C)cc4C=C[C@H]3[C@]23C(=O)Nc2ccccc23)cc1. The summed E-state index contributed by atoms with van der Waals surface area (Å²) in [5.41, 5.74) is 3.54. The van der Waals surface area contributed by atoms with Crippen molar-refractivity contribution >= 4 is 34.9 Å². The first-order chi connectivity index (χ1) is 17.4. The van der Waals surface area contributed by atoms with Gasteiger partial charge in [-0.05, 0) is 67.4 Å². The number of fused-ring (bicyclic) bond motifs is 6. The van der Waals surface area contributed by atoms with Crippen LogP contribution in [-0.2, 0) is 15.0 Å². The van der Waals surface area contributed by atoms with Gasteiger partial charge in [0.2, 0.25) is 5.91 Å². The van der Waals surface area contributed by atoms with E-state index in [1.165, 1.54) is 6.92 Å². The number of anilines is 2. The maximum Gasteiger partial charge on any atom is 0.238 e. The molecule has 0 aliphatic carbocycles. The standard InChI is InChI=1S/C30H26N2O4/c1-17-8-14-24-20(16-17)11-15-25-30(22-6-4-5-7-23(22)31-29(30)35)26(27(18(2)33)32(24)25)28(34)19-9-12-21(36-3)13-10-19/h4-16,25-27H,1-3H3,(H,31,35)/t25-,26-,27+,30-/m0/s1. The Morgan fingerprint density at radius 1 is 1.03 bits per heavy atom. The van der Waals surface area contributed by atoms with Crippen LogP contribution in [0.3, 0.4) is 0 Å². The van der Waals surface area contributed by atoms with E-state index in [0.29, 0.717) is 17.0 Å². The summed E-state index contributed by atoms with van der Waals surface area (Å²) in [6.45, 7) is 3.53. The molecule has 1 fully saturated rings. The van der Waals surface area contributed by atoms with Gasteiger partial charge in [-0.2, -0.15) is 0 Å². The van der Waals surface area contributed by atoms with Crippen molar-refractivity contribution < 1.29 is 19.1 Å². The molecule has 1 amide bonds. The molecule has 3 aromatic carbocycles. The van der Waals surface area contributed by atoms with Crippen molar-refractivity contribution in [1.29, 1.82) is 0 Å². The minimum atomic E-state index is -1.26. The molecule has 3 aliphatic heterocycles. The average molecular weight is 479 g/mol. The number of amides is 1. The van der Waals surface area contributed by atoms with Gasteiger partial charge < -0.3 is 15.0 Å². The number of aryl methyl sites for hydroxylation is 1. The van der Waals surface area contributed by atoms with E-state index < -0.39 is 23.4 Å². The number of carbonyl (C=O) groups is 3. The van der Waals surface area contributed by atoms with Crippen molar-refractivity contribution in [2.75, 3.05) is 17.3 Å². The number of nitrogens with zero attached hydrogens (tertiary/aromatic N) is 1. The molecule has 180 valence electrons. The van der Waals surface area contributed by atoms with E-state index >= 15 is 0 Å². The Hall–Kier alpha value is -4.19. The van der Waals surface area contributed by atoms with Gasteiger partial charge in [0.05, 0.1) is 25.1 Å². The number of rotatable bonds is 4. The third-order valence-electron chi connectivity index (χ3n) is 7.86. The summed E-state index contributed by atoms with van der Waals surface area (Å²) >= 11 is 0. The molecule has 3 aliphatic rings. The van der Waals surface area contributed by atoms with Crippen LogP contribution in [0, 0.1) is 12.8 Å². The van der Waals surface area contributed by atoms with Crippen molar-refractivity contribution in [3.63, 3.8) is 0 Å². The number of ketones is 2. The number of ether oxygens (including phenoxy) is 1. The fourth-order valence-electron chi connectivity index (χ4n) is 6.39. The molecule has 4 atom stereocenters. The van der Waals surface area contributed by atoms with Crippen LogP contribution in [0.1, 0.15) is 34.0 Å². The highest BCUT2D eigenvalue weighted by atomic mass is 16.5. The van der Waals surface area contributed by atoms with Crippen LogP contribution in [0.15, 0.2) is 72.8 Å². The Balaban J connectivity index is 1.63. The van der Waals surface area contributed by atoms with Crippen LogP contribution in [-0.4, -0.2) is 36.7 Å². The lowest BCUT2D eigenvalue weighted by Gasteiger charge is -2.37. The summed E-state index contributed by atoms with van der Waals surface area (Å²) in [5, 5.41) is 3.03. The lowest BCUT2D eigenvalue weighted by molar-refractivity contribution is -0.122. The summed E-state index contributed by atoms with van der Waals surface area (Å²) in [6, 6.07) is 19.1. The molecular formula is C30H26N2O4. The minimum absolute atomic E-state index is 0.150. The van der Waals surface area contributed by atoms with Gasteiger partial charge in [0.15, 0.2) is 11.6 Å². The monoisotopic (exact) mass is 478 g/mol. The molecule has 0 unspecified atom stereocenters. The van der Waals surface area contributed by atoms with Crippen molar-refractivity contribution in [1.82, 2.24) is 0 Å². The zero-order chi connectivity index (χ0) is 25.2. The topological polar surface area (TPSA) is 75.7 Å². The van der Waals surface area contributed by atoms with Crippen molar-refractivity contribution in [2.24, 2.45) is 5.92 Å². The van der Waals surface area contributed by atoms with E-state index in [1.54, 1.807) is 31.4 Å². The number of benzene rings is 3. The molecule has 1 spiro atoms. The van der Waals surface area contributed by atoms with E-state index in [4.69, 9.17) is 4.74 Å². The second-order valence-corrected chi connectivity index (χ2v) is 9.77. The smallest absolute Gasteiger partial charge is 0.238 e. The highest BCUT2D eigenvalue weighted by Crippen LogP contribution is 2.57. The summed E-state index contributed by atoms with van der Waals surface area (Å²) in [4.78, 5) is 43.8. The summed E-state index contributed by atoms with van der Waals surface area (Å²) in [7, 11) is 1.57. The Labute approximate surface area is 209 Å². The van der Waals surface area contributed by atoms with Gasteiger partial charge in [-0.1, -0.05) is 42.0 Å². The van der Waals surface area contributed by atoms with Gasteiger partial charge in [0, 0.05) is 16.9 Å². The Kier molecular flexibility index (Phi) is 4.90. The van der Waals surface area contributed by atoms with E-state index in [-0.39, 0.29) is 17.5 Å². The van der Waals surface area contributed by atoms with Gasteiger partial charge in [0.25, 0.3) is 0 Å². The molecule has 3 aromatic rings. The molecule has 6 rings (SSSR count). The van der Waals surface area contributed by atoms with Crippen LogP contribution in [0.4, 0.5) is 11.4 Å². The van der Waals surface area contributed by atoms with E-state index in [0.717, 1.165) is 22.4 Å². The van der Waals surface area contributed by atoms with Crippen LogP contribution in [0.5, 0.6) is 5.75 Å². The second kappa shape index (κ2) is 7.92. The first-order valence-corrected chi connectivity index (χ1v) is 12.0. The Bertz CT molecular complexity index is 1460. The van der Waals surface area contributed by atoms with Gasteiger partial charge in [-0.25, -0.2) is 0 Å². The Morgan fingerprint density at radius 2 is 1.78 bits per heavy atom. The zero-order valence-electron chi connectivity index (χ0n) is 20.3. The molecule has 0 aromatic heterocycles. The van der Waals surface area contributed by atoms with Crippen LogP contribution in [0.2, 0.25) is 0 Å². The fraction of sp³-hybridized carbons (Fsp3) is 0.233. The third-order valence-corrected chi connectivity index (χ3v) is 7.86. The van der Waals surface area contributed by atoms with Crippen molar-refractivity contribution in [3.05, 3.63) is 95.1 Å². The van der Waals surface area contributed by atoms with E-state index in [1.807, 2.05) is 60.4 Å². The predicted octanol–water partition coefficient (Wildman–Crippen LogP) is 4.57. The van der Waals surface area contributed by atoms with Crippen molar-refractivity contribution in [3.8, 4) is 5.75 Å². The fourth-order valence-corrected chi connectivity index (χ4v) is 6.39. The lowest BCUT2D eigenvalue weighted by atomic mass is 9.64. The number of para-hydroxylation sites is 1. The van der Waals surface area contributed by atoms with E-state index in [2.05, 4.69) is 11.4 Å². The molecular weight excluding hydrogens is 452 g/mol. The number of hydrogen-bond donors (Lipinski definition) is 1. The molecule has 1 saturated heterocycles. The van der Waals surface area contributed by atoms with Gasteiger partial charge in [0.1, 0.15) is 11.2 Å². The maximum absolute atomic E-state index is 14.4. The van der Waals surface area contributed by atoms with E-state index in [9.17, 15) is 14.4 Å². The molecule has 36 heavy (non-hydrogen) atoms. The molecule has 0 bridgehead atoms. The lowest BCUT2D eigenvalue weighted by Crippen LogP contribution is -2.51. The molecule has 6 heteroatoms. The normalized spacial score (nSPS) is 25.2. The van der Waals surface area contributed by atoms with Crippen molar-refractivity contribution in [2.45, 2.75) is 31.3 Å². The average Bonchev–Trinajstić information content (AvgIpc) is 3.36. The molecule has 6 nitrogen and oxygen atoms in total. The first-order valence-electron chi connectivity index (χ1n) is 12.0. The third kappa shape index (κ3) is 2.87. The first kappa shape index (κ1) is 22.3. The quantitative estimate of drug-likeness (QED) is 0.556. The largest absolute Gasteiger partial charge is 0.497 e. The molecule has 3 heterocycles. The summed E-state index contributed by atoms with van der Waals surface area (Å²) in [6.07, 6.45) is 4.00. The van der Waals surface area contributed by atoms with Crippen LogP contribution < -0.4 is 15.0 Å². The van der Waals surface area contributed by atoms with Gasteiger partial charge >= 0.3 is 0 Å². The van der Waals surface area contributed by atoms with Gasteiger partial charge in [-0.3, -0.25) is 14.4 Å². The second-order valence-electron chi connectivity index (χ2n) is 9.77. The number of hydrogen-bond acceptors (Lipinski definition) is 5. The highest BCUT2D eigenvalue weighted by Gasteiger charge is 2.69. The molecule has 1 N–H and O–H groups in total. The zero-order valence-corrected chi connectivity index (χ0v) is 20.3. The summed E-state index contributed by atoms with van der Waals surface area (Å²) in [5.74, 6) is -0.934. The molecule has 0 radical (unpaired) electrons.